The zero-order valence-corrected chi connectivity index (χ0v) is 14.4. The average Bonchev–Trinajstić information content (AvgIpc) is 3.50. The van der Waals surface area contributed by atoms with Crippen LogP contribution in [0.15, 0.2) is 48.7 Å². The van der Waals surface area contributed by atoms with Gasteiger partial charge in [0.1, 0.15) is 5.82 Å². The minimum Gasteiger partial charge on any atom is -0.354 e. The number of pyridine rings is 1. The number of rotatable bonds is 5. The fourth-order valence-electron chi connectivity index (χ4n) is 3.22. The quantitative estimate of drug-likeness (QED) is 0.912. The minimum atomic E-state index is 0.165. The first kappa shape index (κ1) is 16.1. The van der Waals surface area contributed by atoms with Crippen molar-refractivity contribution in [1.29, 1.82) is 0 Å². The molecule has 1 amide bonds. The van der Waals surface area contributed by atoms with Crippen molar-refractivity contribution in [2.75, 3.05) is 36.4 Å². The molecule has 4 rings (SSSR count). The van der Waals surface area contributed by atoms with E-state index >= 15 is 0 Å². The van der Waals surface area contributed by atoms with Gasteiger partial charge in [-0.1, -0.05) is 18.2 Å². The number of anilines is 2. The topological polar surface area (TPSA) is 48.5 Å². The summed E-state index contributed by atoms with van der Waals surface area (Å²) in [4.78, 5) is 21.0. The van der Waals surface area contributed by atoms with Crippen molar-refractivity contribution in [3.8, 4) is 0 Å². The molecule has 5 heteroatoms. The number of aromatic nitrogens is 1. The molecule has 5 nitrogen and oxygen atoms in total. The summed E-state index contributed by atoms with van der Waals surface area (Å²) in [6.07, 6.45) is 3.92. The number of nitrogens with one attached hydrogen (secondary N) is 1. The van der Waals surface area contributed by atoms with Crippen LogP contribution < -0.4 is 10.2 Å². The van der Waals surface area contributed by atoms with E-state index in [9.17, 15) is 4.79 Å². The summed E-state index contributed by atoms with van der Waals surface area (Å²) in [5, 5.41) is 2.99. The largest absolute Gasteiger partial charge is 0.354 e. The van der Waals surface area contributed by atoms with Gasteiger partial charge in [-0.15, -0.1) is 0 Å². The molecule has 1 aromatic heterocycles. The molecule has 0 atom stereocenters. The van der Waals surface area contributed by atoms with Gasteiger partial charge in [-0.05, 0) is 42.7 Å². The van der Waals surface area contributed by atoms with Gasteiger partial charge in [0.25, 0.3) is 0 Å². The van der Waals surface area contributed by atoms with Crippen LogP contribution in [0.3, 0.4) is 0 Å². The maximum atomic E-state index is 11.8. The molecule has 2 heterocycles. The van der Waals surface area contributed by atoms with Crippen molar-refractivity contribution in [2.45, 2.75) is 19.4 Å². The lowest BCUT2D eigenvalue weighted by Gasteiger charge is -2.35. The molecule has 1 aliphatic heterocycles. The van der Waals surface area contributed by atoms with Crippen molar-refractivity contribution in [2.24, 2.45) is 5.92 Å². The lowest BCUT2D eigenvalue weighted by molar-refractivity contribution is -0.117. The number of carbonyl (C=O) groups is 1. The van der Waals surface area contributed by atoms with Gasteiger partial charge in [0.2, 0.25) is 5.91 Å². The number of piperazine rings is 1. The van der Waals surface area contributed by atoms with Crippen LogP contribution in [0.4, 0.5) is 11.5 Å². The van der Waals surface area contributed by atoms with Gasteiger partial charge in [0.15, 0.2) is 0 Å². The monoisotopic (exact) mass is 336 g/mol. The molecule has 2 aromatic rings. The first-order valence-electron chi connectivity index (χ1n) is 9.06. The van der Waals surface area contributed by atoms with Crippen LogP contribution in [-0.2, 0) is 11.3 Å². The highest BCUT2D eigenvalue weighted by Crippen LogP contribution is 2.30. The Balaban J connectivity index is 1.27. The van der Waals surface area contributed by atoms with Gasteiger partial charge in [0.05, 0.1) is 0 Å². The van der Waals surface area contributed by atoms with Crippen molar-refractivity contribution < 1.29 is 4.79 Å². The van der Waals surface area contributed by atoms with Crippen LogP contribution >= 0.6 is 0 Å². The highest BCUT2D eigenvalue weighted by atomic mass is 16.2. The molecule has 1 saturated carbocycles. The Morgan fingerprint density at radius 2 is 1.80 bits per heavy atom. The highest BCUT2D eigenvalue weighted by molar-refractivity contribution is 5.93. The first-order chi connectivity index (χ1) is 12.3. The third-order valence-corrected chi connectivity index (χ3v) is 4.92. The molecule has 130 valence electrons. The molecule has 0 radical (unpaired) electrons. The van der Waals surface area contributed by atoms with Gasteiger partial charge in [-0.25, -0.2) is 4.98 Å². The third-order valence-electron chi connectivity index (χ3n) is 4.92. The van der Waals surface area contributed by atoms with E-state index < -0.39 is 0 Å². The molecule has 1 aliphatic carbocycles. The minimum absolute atomic E-state index is 0.165. The van der Waals surface area contributed by atoms with Crippen LogP contribution in [0.2, 0.25) is 0 Å². The van der Waals surface area contributed by atoms with E-state index in [1.54, 1.807) is 0 Å². The fraction of sp³-hybridized carbons (Fsp3) is 0.400. The first-order valence-corrected chi connectivity index (χ1v) is 9.06. The molecule has 25 heavy (non-hydrogen) atoms. The average molecular weight is 336 g/mol. The Kier molecular flexibility index (Phi) is 4.65. The second-order valence-corrected chi connectivity index (χ2v) is 6.91. The van der Waals surface area contributed by atoms with Gasteiger partial charge < -0.3 is 10.2 Å². The summed E-state index contributed by atoms with van der Waals surface area (Å²) in [5.74, 6) is 1.48. The third kappa shape index (κ3) is 4.17. The second kappa shape index (κ2) is 7.23. The molecule has 0 bridgehead atoms. The van der Waals surface area contributed by atoms with E-state index in [0.29, 0.717) is 0 Å². The lowest BCUT2D eigenvalue weighted by Crippen LogP contribution is -2.46. The van der Waals surface area contributed by atoms with Crippen LogP contribution in [0, 0.1) is 5.92 Å². The molecule has 1 aromatic carbocycles. The SMILES string of the molecule is O=C(Nc1ccc(CN2CCN(c3ccccn3)CC2)cc1)C1CC1. The van der Waals surface area contributed by atoms with Gasteiger partial charge in [0, 0.05) is 50.5 Å². The summed E-state index contributed by atoms with van der Waals surface area (Å²) in [6.45, 7) is 5.04. The molecule has 1 N–H and O–H groups in total. The molecular formula is C20H24N4O. The predicted octanol–water partition coefficient (Wildman–Crippen LogP) is 2.75. The van der Waals surface area contributed by atoms with E-state index in [1.165, 1.54) is 5.56 Å². The summed E-state index contributed by atoms with van der Waals surface area (Å²) < 4.78 is 0. The Morgan fingerprint density at radius 1 is 1.04 bits per heavy atom. The van der Waals surface area contributed by atoms with Crippen molar-refractivity contribution in [1.82, 2.24) is 9.88 Å². The van der Waals surface area contributed by atoms with Gasteiger partial charge in [-0.3, -0.25) is 9.69 Å². The van der Waals surface area contributed by atoms with E-state index in [1.807, 2.05) is 30.5 Å². The number of benzene rings is 1. The summed E-state index contributed by atoms with van der Waals surface area (Å²) >= 11 is 0. The molecule has 0 spiro atoms. The van der Waals surface area contributed by atoms with E-state index in [2.05, 4.69) is 38.3 Å². The van der Waals surface area contributed by atoms with Crippen molar-refractivity contribution >= 4 is 17.4 Å². The molecular weight excluding hydrogens is 312 g/mol. The van der Waals surface area contributed by atoms with Crippen LogP contribution in [0.5, 0.6) is 0 Å². The number of nitrogens with zero attached hydrogens (tertiary/aromatic N) is 3. The van der Waals surface area contributed by atoms with Crippen molar-refractivity contribution in [3.63, 3.8) is 0 Å². The molecule has 1 saturated heterocycles. The normalized spacial score (nSPS) is 18.2. The summed E-state index contributed by atoms with van der Waals surface area (Å²) in [7, 11) is 0. The van der Waals surface area contributed by atoms with Crippen LogP contribution in [0.1, 0.15) is 18.4 Å². The van der Waals surface area contributed by atoms with Crippen LogP contribution in [0.25, 0.3) is 0 Å². The smallest absolute Gasteiger partial charge is 0.227 e. The number of hydrogen-bond donors (Lipinski definition) is 1. The number of hydrogen-bond acceptors (Lipinski definition) is 4. The zero-order chi connectivity index (χ0) is 17.1. The Labute approximate surface area is 148 Å². The maximum Gasteiger partial charge on any atom is 0.227 e. The summed E-state index contributed by atoms with van der Waals surface area (Å²) in [6, 6.07) is 14.3. The molecule has 2 aliphatic rings. The molecule has 2 fully saturated rings. The van der Waals surface area contributed by atoms with Crippen molar-refractivity contribution in [3.05, 3.63) is 54.2 Å². The van der Waals surface area contributed by atoms with E-state index in [0.717, 1.165) is 57.1 Å². The Bertz CT molecular complexity index is 704. The van der Waals surface area contributed by atoms with Gasteiger partial charge >= 0.3 is 0 Å². The van der Waals surface area contributed by atoms with E-state index in [4.69, 9.17) is 0 Å². The summed E-state index contributed by atoms with van der Waals surface area (Å²) in [5.41, 5.74) is 2.19. The fourth-order valence-corrected chi connectivity index (χ4v) is 3.22. The predicted molar refractivity (Wildman–Crippen MR) is 99.5 cm³/mol. The van der Waals surface area contributed by atoms with Crippen LogP contribution in [-0.4, -0.2) is 42.0 Å². The lowest BCUT2D eigenvalue weighted by atomic mass is 10.1. The Hall–Kier alpha value is -2.40. The van der Waals surface area contributed by atoms with E-state index in [-0.39, 0.29) is 11.8 Å². The Morgan fingerprint density at radius 3 is 2.44 bits per heavy atom. The number of amides is 1. The molecule has 0 unspecified atom stereocenters. The zero-order valence-electron chi connectivity index (χ0n) is 14.4. The van der Waals surface area contributed by atoms with Gasteiger partial charge in [-0.2, -0.15) is 0 Å². The maximum absolute atomic E-state index is 11.8. The highest BCUT2D eigenvalue weighted by Gasteiger charge is 2.29. The standard InChI is InChI=1S/C20H24N4O/c25-20(17-6-7-17)22-18-8-4-16(5-9-18)15-23-11-13-24(14-12-23)19-3-1-2-10-21-19/h1-5,8-10,17H,6-7,11-15H2,(H,22,25). The number of carbonyl (C=O) groups excluding carboxylic acids is 1. The second-order valence-electron chi connectivity index (χ2n) is 6.91.